The molecule has 6 nitrogen and oxygen atoms in total. The fraction of sp³-hybridized carbons (Fsp3) is 0.241. The predicted octanol–water partition coefficient (Wildman–Crippen LogP) is 6.15. The lowest BCUT2D eigenvalue weighted by Gasteiger charge is -2.19. The standard InChI is InChI=1S/C29H28O6/c1-17-22(35-28(31)18-10-12-20(13-11-18)29(2,3)4)15-14-21-25(30)24(34-26(17)21)16-19-8-7-9-23(32-5)27(19)33-6/h7-16H,1-6H3/b24-16-. The van der Waals surface area contributed by atoms with Crippen molar-refractivity contribution in [2.75, 3.05) is 14.2 Å². The Kier molecular flexibility index (Phi) is 6.39. The molecule has 35 heavy (non-hydrogen) atoms. The van der Waals surface area contributed by atoms with Crippen molar-refractivity contribution < 1.29 is 28.5 Å². The van der Waals surface area contributed by atoms with Crippen molar-refractivity contribution >= 4 is 17.8 Å². The summed E-state index contributed by atoms with van der Waals surface area (Å²) in [6.45, 7) is 8.10. The van der Waals surface area contributed by atoms with Crippen molar-refractivity contribution in [3.8, 4) is 23.0 Å². The Morgan fingerprint density at radius 1 is 0.914 bits per heavy atom. The van der Waals surface area contributed by atoms with Gasteiger partial charge in [0.1, 0.15) is 11.5 Å². The highest BCUT2D eigenvalue weighted by Gasteiger charge is 2.31. The SMILES string of the molecule is COc1cccc(/C=C2\Oc3c(ccc(OC(=O)c4ccc(C(C)(C)C)cc4)c3C)C2=O)c1OC. The fourth-order valence-electron chi connectivity index (χ4n) is 3.91. The Bertz CT molecular complexity index is 1330. The van der Waals surface area contributed by atoms with Gasteiger partial charge in [-0.25, -0.2) is 4.79 Å². The van der Waals surface area contributed by atoms with E-state index in [2.05, 4.69) is 20.8 Å². The third kappa shape index (κ3) is 4.64. The van der Waals surface area contributed by atoms with E-state index in [0.29, 0.717) is 45.3 Å². The molecule has 1 aliphatic heterocycles. The predicted molar refractivity (Wildman–Crippen MR) is 134 cm³/mol. The molecular weight excluding hydrogens is 444 g/mol. The van der Waals surface area contributed by atoms with E-state index in [-0.39, 0.29) is 17.0 Å². The third-order valence-electron chi connectivity index (χ3n) is 5.95. The van der Waals surface area contributed by atoms with Gasteiger partial charge in [-0.2, -0.15) is 0 Å². The van der Waals surface area contributed by atoms with Crippen LogP contribution in [0.1, 0.15) is 58.2 Å². The summed E-state index contributed by atoms with van der Waals surface area (Å²) >= 11 is 0. The van der Waals surface area contributed by atoms with Gasteiger partial charge in [-0.15, -0.1) is 0 Å². The van der Waals surface area contributed by atoms with E-state index in [4.69, 9.17) is 18.9 Å². The van der Waals surface area contributed by atoms with E-state index >= 15 is 0 Å². The summed E-state index contributed by atoms with van der Waals surface area (Å²) in [6.07, 6.45) is 1.62. The molecule has 1 heterocycles. The van der Waals surface area contributed by atoms with Crippen molar-refractivity contribution in [1.29, 1.82) is 0 Å². The number of fused-ring (bicyclic) bond motifs is 1. The van der Waals surface area contributed by atoms with Gasteiger partial charge in [0.15, 0.2) is 17.3 Å². The lowest BCUT2D eigenvalue weighted by Crippen LogP contribution is -2.13. The number of benzene rings is 3. The summed E-state index contributed by atoms with van der Waals surface area (Å²) in [5, 5.41) is 0. The van der Waals surface area contributed by atoms with Crippen LogP contribution in [0.2, 0.25) is 0 Å². The van der Waals surface area contributed by atoms with Crippen LogP contribution in [0.5, 0.6) is 23.0 Å². The average Bonchev–Trinajstić information content (AvgIpc) is 3.16. The van der Waals surface area contributed by atoms with Crippen molar-refractivity contribution in [1.82, 2.24) is 0 Å². The van der Waals surface area contributed by atoms with E-state index in [1.54, 1.807) is 62.6 Å². The highest BCUT2D eigenvalue weighted by Crippen LogP contribution is 2.41. The number of rotatable bonds is 5. The smallest absolute Gasteiger partial charge is 0.343 e. The van der Waals surface area contributed by atoms with Crippen LogP contribution in [0.15, 0.2) is 60.4 Å². The highest BCUT2D eigenvalue weighted by atomic mass is 16.5. The maximum Gasteiger partial charge on any atom is 0.343 e. The molecule has 0 saturated carbocycles. The van der Waals surface area contributed by atoms with Crippen LogP contribution < -0.4 is 18.9 Å². The Morgan fingerprint density at radius 3 is 2.26 bits per heavy atom. The van der Waals surface area contributed by atoms with Gasteiger partial charge in [0.05, 0.1) is 25.3 Å². The maximum atomic E-state index is 13.0. The van der Waals surface area contributed by atoms with Gasteiger partial charge < -0.3 is 18.9 Å². The zero-order valence-corrected chi connectivity index (χ0v) is 20.7. The molecule has 0 radical (unpaired) electrons. The van der Waals surface area contributed by atoms with Crippen LogP contribution in [0.25, 0.3) is 6.08 Å². The molecule has 1 aliphatic rings. The molecule has 3 aromatic carbocycles. The molecule has 0 saturated heterocycles. The largest absolute Gasteiger partial charge is 0.493 e. The van der Waals surface area contributed by atoms with E-state index in [1.807, 2.05) is 12.1 Å². The molecule has 0 atom stereocenters. The van der Waals surface area contributed by atoms with Crippen LogP contribution >= 0.6 is 0 Å². The lowest BCUT2D eigenvalue weighted by atomic mass is 9.87. The number of allylic oxidation sites excluding steroid dienone is 1. The average molecular weight is 473 g/mol. The number of Topliss-reactive ketones (excluding diaryl/α,β-unsaturated/α-hetero) is 1. The Morgan fingerprint density at radius 2 is 1.63 bits per heavy atom. The minimum atomic E-state index is -0.477. The molecule has 0 bridgehead atoms. The number of methoxy groups -OCH3 is 2. The van der Waals surface area contributed by atoms with Gasteiger partial charge >= 0.3 is 5.97 Å². The molecule has 0 N–H and O–H groups in total. The minimum absolute atomic E-state index is 0.0109. The number of ketones is 1. The van der Waals surface area contributed by atoms with E-state index in [1.165, 1.54) is 7.11 Å². The molecule has 0 unspecified atom stereocenters. The molecule has 4 rings (SSSR count). The van der Waals surface area contributed by atoms with Crippen LogP contribution in [0.3, 0.4) is 0 Å². The molecule has 0 amide bonds. The molecule has 0 aliphatic carbocycles. The second-order valence-electron chi connectivity index (χ2n) is 9.30. The summed E-state index contributed by atoms with van der Waals surface area (Å²) in [6, 6.07) is 16.0. The number of hydrogen-bond donors (Lipinski definition) is 0. The zero-order chi connectivity index (χ0) is 25.3. The summed E-state index contributed by atoms with van der Waals surface area (Å²) in [4.78, 5) is 25.8. The zero-order valence-electron chi connectivity index (χ0n) is 20.7. The monoisotopic (exact) mass is 472 g/mol. The van der Waals surface area contributed by atoms with Gasteiger partial charge in [0, 0.05) is 11.1 Å². The Labute approximate surface area is 205 Å². The molecule has 3 aromatic rings. The summed E-state index contributed by atoms with van der Waals surface area (Å²) < 4.78 is 22.4. The van der Waals surface area contributed by atoms with E-state index in [9.17, 15) is 9.59 Å². The van der Waals surface area contributed by atoms with Crippen molar-refractivity contribution in [2.45, 2.75) is 33.1 Å². The summed E-state index contributed by atoms with van der Waals surface area (Å²) in [5.74, 6) is 1.16. The third-order valence-corrected chi connectivity index (χ3v) is 5.95. The first-order chi connectivity index (χ1) is 16.6. The van der Waals surface area contributed by atoms with Crippen LogP contribution in [-0.2, 0) is 5.41 Å². The Balaban J connectivity index is 1.59. The quantitative estimate of drug-likeness (QED) is 0.252. The normalized spacial score (nSPS) is 13.9. The van der Waals surface area contributed by atoms with Crippen molar-refractivity contribution in [3.05, 3.63) is 88.2 Å². The van der Waals surface area contributed by atoms with Crippen LogP contribution in [0.4, 0.5) is 0 Å². The molecule has 0 aromatic heterocycles. The number of para-hydroxylation sites is 1. The number of carbonyl (C=O) groups excluding carboxylic acids is 2. The second-order valence-corrected chi connectivity index (χ2v) is 9.30. The first kappa shape index (κ1) is 24.1. The van der Waals surface area contributed by atoms with Crippen molar-refractivity contribution in [2.24, 2.45) is 0 Å². The molecule has 180 valence electrons. The van der Waals surface area contributed by atoms with E-state index < -0.39 is 5.97 Å². The lowest BCUT2D eigenvalue weighted by molar-refractivity contribution is 0.0733. The topological polar surface area (TPSA) is 71.1 Å². The Hall–Kier alpha value is -4.06. The van der Waals surface area contributed by atoms with Crippen LogP contribution in [-0.4, -0.2) is 26.0 Å². The molecule has 6 heteroatoms. The second kappa shape index (κ2) is 9.29. The van der Waals surface area contributed by atoms with Gasteiger partial charge in [-0.1, -0.05) is 45.0 Å². The molecule has 0 fully saturated rings. The fourth-order valence-corrected chi connectivity index (χ4v) is 3.91. The van der Waals surface area contributed by atoms with Gasteiger partial charge in [0.2, 0.25) is 5.78 Å². The highest BCUT2D eigenvalue weighted by molar-refractivity contribution is 6.15. The van der Waals surface area contributed by atoms with Gasteiger partial charge in [-0.05, 0) is 54.3 Å². The summed E-state index contributed by atoms with van der Waals surface area (Å²) in [7, 11) is 3.08. The van der Waals surface area contributed by atoms with E-state index in [0.717, 1.165) is 5.56 Å². The van der Waals surface area contributed by atoms with Crippen molar-refractivity contribution in [3.63, 3.8) is 0 Å². The van der Waals surface area contributed by atoms with Gasteiger partial charge in [-0.3, -0.25) is 4.79 Å². The summed E-state index contributed by atoms with van der Waals surface area (Å²) in [5.41, 5.74) is 3.18. The maximum absolute atomic E-state index is 13.0. The molecule has 0 spiro atoms. The number of ether oxygens (including phenoxy) is 4. The minimum Gasteiger partial charge on any atom is -0.493 e. The number of carbonyl (C=O) groups is 2. The number of hydrogen-bond acceptors (Lipinski definition) is 6. The van der Waals surface area contributed by atoms with Crippen LogP contribution in [0, 0.1) is 6.92 Å². The first-order valence-corrected chi connectivity index (χ1v) is 11.3. The number of esters is 1. The first-order valence-electron chi connectivity index (χ1n) is 11.3. The molecular formula is C29H28O6. The van der Waals surface area contributed by atoms with Gasteiger partial charge in [0.25, 0.3) is 0 Å².